The molecular formula is C11H23N3O2. The smallest absolute Gasteiger partial charge is 0.234 e. The van der Waals surface area contributed by atoms with Gasteiger partial charge in [-0.25, -0.2) is 0 Å². The lowest BCUT2D eigenvalue weighted by Gasteiger charge is -2.31. The minimum atomic E-state index is 0.0756. The van der Waals surface area contributed by atoms with Crippen molar-refractivity contribution in [2.24, 2.45) is 11.7 Å². The van der Waals surface area contributed by atoms with Gasteiger partial charge in [-0.3, -0.25) is 9.69 Å². The number of nitrogens with one attached hydrogen (secondary N) is 1. The molecule has 1 aliphatic rings. The molecule has 5 nitrogen and oxygen atoms in total. The monoisotopic (exact) mass is 229 g/mol. The van der Waals surface area contributed by atoms with Gasteiger partial charge in [-0.05, 0) is 5.92 Å². The highest BCUT2D eigenvalue weighted by Crippen LogP contribution is 2.03. The first-order valence-electron chi connectivity index (χ1n) is 5.92. The Balaban J connectivity index is 2.22. The van der Waals surface area contributed by atoms with E-state index in [4.69, 9.17) is 10.5 Å². The number of hydrogen-bond donors (Lipinski definition) is 2. The summed E-state index contributed by atoms with van der Waals surface area (Å²) < 4.78 is 5.44. The Hall–Kier alpha value is -0.650. The second kappa shape index (κ2) is 6.83. The fraction of sp³-hybridized carbons (Fsp3) is 0.909. The minimum Gasteiger partial charge on any atom is -0.374 e. The van der Waals surface area contributed by atoms with Crippen LogP contribution in [-0.4, -0.2) is 56.2 Å². The van der Waals surface area contributed by atoms with E-state index in [9.17, 15) is 4.79 Å². The largest absolute Gasteiger partial charge is 0.374 e. The van der Waals surface area contributed by atoms with Crippen molar-refractivity contribution in [1.29, 1.82) is 0 Å². The van der Waals surface area contributed by atoms with E-state index >= 15 is 0 Å². The van der Waals surface area contributed by atoms with Gasteiger partial charge in [0.1, 0.15) is 0 Å². The maximum atomic E-state index is 11.6. The molecule has 94 valence electrons. The Labute approximate surface area is 97.3 Å². The summed E-state index contributed by atoms with van der Waals surface area (Å²) in [6.45, 7) is 8.11. The van der Waals surface area contributed by atoms with E-state index in [1.165, 1.54) is 0 Å². The van der Waals surface area contributed by atoms with Gasteiger partial charge >= 0.3 is 0 Å². The summed E-state index contributed by atoms with van der Waals surface area (Å²) in [6, 6.07) is 0. The summed E-state index contributed by atoms with van der Waals surface area (Å²) in [7, 11) is 0. The number of hydrogen-bond acceptors (Lipinski definition) is 4. The molecule has 0 bridgehead atoms. The van der Waals surface area contributed by atoms with Crippen LogP contribution < -0.4 is 11.1 Å². The van der Waals surface area contributed by atoms with Gasteiger partial charge in [-0.15, -0.1) is 0 Å². The molecule has 0 aromatic heterocycles. The number of carbonyl (C=O) groups is 1. The highest BCUT2D eigenvalue weighted by molar-refractivity contribution is 5.78. The normalized spacial score (nSPS) is 22.4. The number of carbonyl (C=O) groups excluding carboxylic acids is 1. The quantitative estimate of drug-likeness (QED) is 0.662. The van der Waals surface area contributed by atoms with Gasteiger partial charge < -0.3 is 15.8 Å². The third-order valence-corrected chi connectivity index (χ3v) is 2.56. The van der Waals surface area contributed by atoms with E-state index in [-0.39, 0.29) is 12.0 Å². The van der Waals surface area contributed by atoms with Crippen molar-refractivity contribution >= 4 is 5.91 Å². The molecule has 3 N–H and O–H groups in total. The van der Waals surface area contributed by atoms with Crippen molar-refractivity contribution in [1.82, 2.24) is 10.2 Å². The van der Waals surface area contributed by atoms with Crippen molar-refractivity contribution < 1.29 is 9.53 Å². The van der Waals surface area contributed by atoms with Gasteiger partial charge in [0.25, 0.3) is 0 Å². The van der Waals surface area contributed by atoms with Crippen LogP contribution in [0.5, 0.6) is 0 Å². The minimum absolute atomic E-state index is 0.0756. The molecule has 0 saturated carbocycles. The third kappa shape index (κ3) is 4.92. The van der Waals surface area contributed by atoms with Crippen molar-refractivity contribution in [3.63, 3.8) is 0 Å². The van der Waals surface area contributed by atoms with Crippen molar-refractivity contribution in [3.8, 4) is 0 Å². The molecule has 0 radical (unpaired) electrons. The van der Waals surface area contributed by atoms with Crippen molar-refractivity contribution in [2.75, 3.05) is 39.3 Å². The lowest BCUT2D eigenvalue weighted by molar-refractivity contribution is -0.124. The van der Waals surface area contributed by atoms with E-state index in [1.54, 1.807) is 0 Å². The molecule has 1 heterocycles. The second-order valence-electron chi connectivity index (χ2n) is 4.66. The van der Waals surface area contributed by atoms with Crippen LogP contribution in [0.1, 0.15) is 13.8 Å². The van der Waals surface area contributed by atoms with Gasteiger partial charge in [0, 0.05) is 26.2 Å². The molecule has 0 aromatic rings. The van der Waals surface area contributed by atoms with Crippen LogP contribution in [0, 0.1) is 5.92 Å². The van der Waals surface area contributed by atoms with Gasteiger partial charge in [0.2, 0.25) is 5.91 Å². The molecule has 1 fully saturated rings. The molecule has 16 heavy (non-hydrogen) atoms. The number of nitrogens with two attached hydrogens (primary N) is 1. The molecular weight excluding hydrogens is 206 g/mol. The second-order valence-corrected chi connectivity index (χ2v) is 4.66. The Morgan fingerprint density at radius 2 is 2.38 bits per heavy atom. The fourth-order valence-corrected chi connectivity index (χ4v) is 1.64. The molecule has 0 aromatic carbocycles. The molecule has 0 spiro atoms. The van der Waals surface area contributed by atoms with E-state index in [2.05, 4.69) is 24.1 Å². The number of morpholine rings is 1. The molecule has 1 amide bonds. The average molecular weight is 229 g/mol. The Morgan fingerprint density at radius 3 is 3.00 bits per heavy atom. The first kappa shape index (κ1) is 13.4. The lowest BCUT2D eigenvalue weighted by atomic mass is 10.2. The molecule has 1 unspecified atom stereocenters. The van der Waals surface area contributed by atoms with Gasteiger partial charge in [-0.2, -0.15) is 0 Å². The zero-order valence-electron chi connectivity index (χ0n) is 10.2. The van der Waals surface area contributed by atoms with Crippen molar-refractivity contribution in [3.05, 3.63) is 0 Å². The molecule has 5 heteroatoms. The third-order valence-electron chi connectivity index (χ3n) is 2.56. The predicted molar refractivity (Wildman–Crippen MR) is 63.1 cm³/mol. The Morgan fingerprint density at radius 1 is 1.62 bits per heavy atom. The number of rotatable bonds is 5. The summed E-state index contributed by atoms with van der Waals surface area (Å²) in [6.07, 6.45) is 0.0756. The number of ether oxygens (including phenoxy) is 1. The standard InChI is InChI=1S/C11H23N3O2/c1-9(2)6-13-11(15)8-14-3-4-16-10(5-12)7-14/h9-10H,3-8,12H2,1-2H3,(H,13,15). The number of amides is 1. The van der Waals surface area contributed by atoms with Gasteiger partial charge in [0.15, 0.2) is 0 Å². The van der Waals surface area contributed by atoms with E-state index < -0.39 is 0 Å². The summed E-state index contributed by atoms with van der Waals surface area (Å²) in [4.78, 5) is 13.7. The average Bonchev–Trinajstić information content (AvgIpc) is 2.26. The van der Waals surface area contributed by atoms with Crippen LogP contribution in [-0.2, 0) is 9.53 Å². The number of nitrogens with zero attached hydrogens (tertiary/aromatic N) is 1. The van der Waals surface area contributed by atoms with Crippen LogP contribution in [0.15, 0.2) is 0 Å². The highest BCUT2D eigenvalue weighted by atomic mass is 16.5. The van der Waals surface area contributed by atoms with Crippen LogP contribution in [0.2, 0.25) is 0 Å². The molecule has 1 atom stereocenters. The summed E-state index contributed by atoms with van der Waals surface area (Å²) >= 11 is 0. The van der Waals surface area contributed by atoms with E-state index in [0.29, 0.717) is 25.6 Å². The summed E-state index contributed by atoms with van der Waals surface area (Å²) in [5, 5.41) is 2.91. The van der Waals surface area contributed by atoms with Crippen LogP contribution in [0.25, 0.3) is 0 Å². The SMILES string of the molecule is CC(C)CNC(=O)CN1CCOC(CN)C1. The lowest BCUT2D eigenvalue weighted by Crippen LogP contribution is -2.49. The Kier molecular flexibility index (Phi) is 5.73. The van der Waals surface area contributed by atoms with Crippen LogP contribution >= 0.6 is 0 Å². The summed E-state index contributed by atoms with van der Waals surface area (Å²) in [5.41, 5.74) is 5.54. The summed E-state index contributed by atoms with van der Waals surface area (Å²) in [5.74, 6) is 0.580. The molecule has 0 aliphatic carbocycles. The van der Waals surface area contributed by atoms with Crippen LogP contribution in [0.4, 0.5) is 0 Å². The molecule has 1 rings (SSSR count). The van der Waals surface area contributed by atoms with Crippen LogP contribution in [0.3, 0.4) is 0 Å². The Bertz CT molecular complexity index is 221. The van der Waals surface area contributed by atoms with E-state index in [1.807, 2.05) is 0 Å². The molecule has 1 saturated heterocycles. The first-order chi connectivity index (χ1) is 7.61. The molecule has 1 aliphatic heterocycles. The van der Waals surface area contributed by atoms with Gasteiger partial charge in [0.05, 0.1) is 19.3 Å². The highest BCUT2D eigenvalue weighted by Gasteiger charge is 2.20. The zero-order valence-corrected chi connectivity index (χ0v) is 10.2. The topological polar surface area (TPSA) is 67.6 Å². The maximum absolute atomic E-state index is 11.6. The van der Waals surface area contributed by atoms with Crippen molar-refractivity contribution in [2.45, 2.75) is 20.0 Å². The predicted octanol–water partition coefficient (Wildman–Crippen LogP) is -0.582. The van der Waals surface area contributed by atoms with Gasteiger partial charge in [-0.1, -0.05) is 13.8 Å². The fourth-order valence-electron chi connectivity index (χ4n) is 1.64. The maximum Gasteiger partial charge on any atom is 0.234 e. The first-order valence-corrected chi connectivity index (χ1v) is 5.92. The van der Waals surface area contributed by atoms with E-state index in [0.717, 1.165) is 19.6 Å². The zero-order chi connectivity index (χ0) is 12.0.